The monoisotopic (exact) mass is 300 g/mol. The first-order valence-corrected chi connectivity index (χ1v) is 7.44. The highest BCUT2D eigenvalue weighted by molar-refractivity contribution is 5.95. The van der Waals surface area contributed by atoms with Gasteiger partial charge in [-0.05, 0) is 30.7 Å². The van der Waals surface area contributed by atoms with Crippen molar-refractivity contribution >= 4 is 11.6 Å². The molecule has 0 radical (unpaired) electrons. The lowest BCUT2D eigenvalue weighted by atomic mass is 10.1. The van der Waals surface area contributed by atoms with Crippen LogP contribution in [0.5, 0.6) is 0 Å². The second kappa shape index (κ2) is 6.72. The standard InChI is InChI=1S/C16H20N4O2/c1-12-15(17-8-10-22-12)16(21)19-14-5-3-13(4-6-14)11-20-9-2-7-18-20/h2-7,9,12,15,17H,8,10-11H2,1H3,(H,19,21)/t12-,15+/m1/s1. The van der Waals surface area contributed by atoms with Crippen LogP contribution in [0.1, 0.15) is 12.5 Å². The lowest BCUT2D eigenvalue weighted by Gasteiger charge is -2.29. The molecule has 1 aromatic carbocycles. The lowest BCUT2D eigenvalue weighted by molar-refractivity contribution is -0.123. The smallest absolute Gasteiger partial charge is 0.244 e. The predicted molar refractivity (Wildman–Crippen MR) is 83.6 cm³/mol. The van der Waals surface area contributed by atoms with Crippen molar-refractivity contribution in [3.8, 4) is 0 Å². The number of carbonyl (C=O) groups is 1. The maximum atomic E-state index is 12.3. The molecule has 0 unspecified atom stereocenters. The maximum absolute atomic E-state index is 12.3. The molecule has 6 nitrogen and oxygen atoms in total. The predicted octanol–water partition coefficient (Wildman–Crippen LogP) is 1.25. The van der Waals surface area contributed by atoms with Crippen molar-refractivity contribution in [3.05, 3.63) is 48.3 Å². The molecule has 1 aromatic heterocycles. The number of nitrogens with zero attached hydrogens (tertiary/aromatic N) is 2. The molecule has 2 atom stereocenters. The summed E-state index contributed by atoms with van der Waals surface area (Å²) in [6, 6.07) is 9.39. The Balaban J connectivity index is 1.59. The zero-order chi connectivity index (χ0) is 15.4. The van der Waals surface area contributed by atoms with E-state index in [1.165, 1.54) is 0 Å². The molecule has 1 aliphatic rings. The molecule has 6 heteroatoms. The van der Waals surface area contributed by atoms with E-state index in [0.29, 0.717) is 13.2 Å². The highest BCUT2D eigenvalue weighted by atomic mass is 16.5. The van der Waals surface area contributed by atoms with Crippen LogP contribution in [0.25, 0.3) is 0 Å². The number of nitrogens with one attached hydrogen (secondary N) is 2. The molecule has 3 rings (SSSR count). The minimum absolute atomic E-state index is 0.0629. The first-order valence-electron chi connectivity index (χ1n) is 7.44. The van der Waals surface area contributed by atoms with E-state index in [1.54, 1.807) is 6.20 Å². The number of rotatable bonds is 4. The Kier molecular flexibility index (Phi) is 4.50. The van der Waals surface area contributed by atoms with Crippen LogP contribution in [0, 0.1) is 0 Å². The normalized spacial score (nSPS) is 21.5. The Labute approximate surface area is 129 Å². The van der Waals surface area contributed by atoms with Crippen LogP contribution in [-0.2, 0) is 16.1 Å². The van der Waals surface area contributed by atoms with Crippen LogP contribution in [0.3, 0.4) is 0 Å². The van der Waals surface area contributed by atoms with Gasteiger partial charge in [0.2, 0.25) is 5.91 Å². The van der Waals surface area contributed by atoms with Gasteiger partial charge in [-0.25, -0.2) is 0 Å². The second-order valence-corrected chi connectivity index (χ2v) is 5.40. The average Bonchev–Trinajstić information content (AvgIpc) is 3.02. The van der Waals surface area contributed by atoms with Gasteiger partial charge in [-0.1, -0.05) is 12.1 Å². The largest absolute Gasteiger partial charge is 0.375 e. The Hall–Kier alpha value is -2.18. The van der Waals surface area contributed by atoms with Crippen molar-refractivity contribution in [1.82, 2.24) is 15.1 Å². The number of amides is 1. The molecule has 1 amide bonds. The first-order chi connectivity index (χ1) is 10.7. The number of hydrogen-bond donors (Lipinski definition) is 2. The average molecular weight is 300 g/mol. The van der Waals surface area contributed by atoms with Gasteiger partial charge in [0.05, 0.1) is 19.3 Å². The fourth-order valence-electron chi connectivity index (χ4n) is 2.52. The van der Waals surface area contributed by atoms with E-state index in [1.807, 2.05) is 48.1 Å². The van der Waals surface area contributed by atoms with Crippen molar-refractivity contribution in [2.45, 2.75) is 25.6 Å². The van der Waals surface area contributed by atoms with Crippen molar-refractivity contribution < 1.29 is 9.53 Å². The van der Waals surface area contributed by atoms with Gasteiger partial charge in [0.25, 0.3) is 0 Å². The molecule has 0 saturated carbocycles. The molecule has 2 aromatic rings. The van der Waals surface area contributed by atoms with Crippen LogP contribution in [0.2, 0.25) is 0 Å². The molecule has 2 N–H and O–H groups in total. The van der Waals surface area contributed by atoms with Gasteiger partial charge in [0.15, 0.2) is 0 Å². The number of benzene rings is 1. The number of aromatic nitrogens is 2. The van der Waals surface area contributed by atoms with Crippen molar-refractivity contribution in [2.75, 3.05) is 18.5 Å². The highest BCUT2D eigenvalue weighted by Gasteiger charge is 2.28. The van der Waals surface area contributed by atoms with E-state index < -0.39 is 0 Å². The van der Waals surface area contributed by atoms with Gasteiger partial charge >= 0.3 is 0 Å². The fourth-order valence-corrected chi connectivity index (χ4v) is 2.52. The highest BCUT2D eigenvalue weighted by Crippen LogP contribution is 2.13. The molecule has 0 aliphatic carbocycles. The van der Waals surface area contributed by atoms with Crippen LogP contribution in [-0.4, -0.2) is 41.0 Å². The third-order valence-corrected chi connectivity index (χ3v) is 3.72. The Morgan fingerprint density at radius 1 is 1.45 bits per heavy atom. The number of carbonyl (C=O) groups excluding carboxylic acids is 1. The van der Waals surface area contributed by atoms with Gasteiger partial charge in [-0.3, -0.25) is 9.48 Å². The van der Waals surface area contributed by atoms with E-state index in [-0.39, 0.29) is 18.1 Å². The third-order valence-electron chi connectivity index (χ3n) is 3.72. The minimum Gasteiger partial charge on any atom is -0.375 e. The summed E-state index contributed by atoms with van der Waals surface area (Å²) >= 11 is 0. The summed E-state index contributed by atoms with van der Waals surface area (Å²) in [5.41, 5.74) is 1.92. The van der Waals surface area contributed by atoms with Gasteiger partial charge in [0.1, 0.15) is 6.04 Å². The molecule has 0 bridgehead atoms. The summed E-state index contributed by atoms with van der Waals surface area (Å²) in [6.45, 7) is 3.97. The molecule has 1 fully saturated rings. The molecule has 1 aliphatic heterocycles. The first kappa shape index (κ1) is 14.7. The second-order valence-electron chi connectivity index (χ2n) is 5.40. The third kappa shape index (κ3) is 3.52. The molecular formula is C16H20N4O2. The van der Waals surface area contributed by atoms with Gasteiger partial charge in [-0.15, -0.1) is 0 Å². The van der Waals surface area contributed by atoms with Crippen LogP contribution in [0.15, 0.2) is 42.7 Å². The van der Waals surface area contributed by atoms with Gasteiger partial charge in [-0.2, -0.15) is 5.10 Å². The summed E-state index contributed by atoms with van der Waals surface area (Å²) in [5, 5.41) is 10.3. The number of ether oxygens (including phenoxy) is 1. The van der Waals surface area contributed by atoms with Crippen LogP contribution >= 0.6 is 0 Å². The number of morpholine rings is 1. The van der Waals surface area contributed by atoms with E-state index in [9.17, 15) is 4.79 Å². The zero-order valence-corrected chi connectivity index (χ0v) is 12.5. The fraction of sp³-hybridized carbons (Fsp3) is 0.375. The van der Waals surface area contributed by atoms with E-state index in [0.717, 1.165) is 17.8 Å². The molecule has 1 saturated heterocycles. The van der Waals surface area contributed by atoms with E-state index >= 15 is 0 Å². The Bertz CT molecular complexity index is 610. The molecular weight excluding hydrogens is 280 g/mol. The maximum Gasteiger partial charge on any atom is 0.244 e. The summed E-state index contributed by atoms with van der Waals surface area (Å²) in [7, 11) is 0. The topological polar surface area (TPSA) is 68.2 Å². The van der Waals surface area contributed by atoms with Crippen LogP contribution < -0.4 is 10.6 Å². The number of hydrogen-bond acceptors (Lipinski definition) is 4. The minimum atomic E-state index is -0.308. The van der Waals surface area contributed by atoms with Gasteiger partial charge in [0, 0.05) is 24.6 Å². The summed E-state index contributed by atoms with van der Waals surface area (Å²) in [5.74, 6) is -0.0629. The molecule has 0 spiro atoms. The lowest BCUT2D eigenvalue weighted by Crippen LogP contribution is -2.53. The summed E-state index contributed by atoms with van der Waals surface area (Å²) in [4.78, 5) is 12.3. The van der Waals surface area contributed by atoms with E-state index in [4.69, 9.17) is 4.74 Å². The summed E-state index contributed by atoms with van der Waals surface area (Å²) < 4.78 is 7.35. The van der Waals surface area contributed by atoms with Crippen molar-refractivity contribution in [2.24, 2.45) is 0 Å². The van der Waals surface area contributed by atoms with Crippen molar-refractivity contribution in [1.29, 1.82) is 0 Å². The molecule has 2 heterocycles. The van der Waals surface area contributed by atoms with Crippen molar-refractivity contribution in [3.63, 3.8) is 0 Å². The Morgan fingerprint density at radius 2 is 2.27 bits per heavy atom. The quantitative estimate of drug-likeness (QED) is 0.891. The summed E-state index contributed by atoms with van der Waals surface area (Å²) in [6.07, 6.45) is 3.56. The molecule has 22 heavy (non-hydrogen) atoms. The Morgan fingerprint density at radius 3 is 2.95 bits per heavy atom. The van der Waals surface area contributed by atoms with Gasteiger partial charge < -0.3 is 15.4 Å². The zero-order valence-electron chi connectivity index (χ0n) is 12.5. The molecule has 116 valence electrons. The SMILES string of the molecule is C[C@H]1OCCN[C@@H]1C(=O)Nc1ccc(Cn2cccn2)cc1. The van der Waals surface area contributed by atoms with E-state index in [2.05, 4.69) is 15.7 Å². The van der Waals surface area contributed by atoms with Crippen LogP contribution in [0.4, 0.5) is 5.69 Å². The number of anilines is 1.